The van der Waals surface area contributed by atoms with Crippen molar-refractivity contribution in [1.82, 2.24) is 15.1 Å². The maximum Gasteiger partial charge on any atom is 0.263 e. The van der Waals surface area contributed by atoms with E-state index in [1.165, 1.54) is 12.3 Å². The van der Waals surface area contributed by atoms with Crippen molar-refractivity contribution in [3.05, 3.63) is 59.9 Å². The standard InChI is InChI=1S/C20H21F2N5O3S/c1-12(2)20-24-19(25-30-20)17-4-3-9-27(17)18-8-6-14(11-23-18)31(28,29)26-13-5-7-15(21)16(22)10-13/h5-8,10-12,17,26H,3-4,9H2,1-2H3. The Hall–Kier alpha value is -3.08. The van der Waals surface area contributed by atoms with Crippen molar-refractivity contribution in [2.24, 2.45) is 0 Å². The Morgan fingerprint density at radius 2 is 2.00 bits per heavy atom. The van der Waals surface area contributed by atoms with Gasteiger partial charge in [0.15, 0.2) is 17.5 Å². The molecule has 11 heteroatoms. The first-order chi connectivity index (χ1) is 14.7. The number of nitrogens with zero attached hydrogens (tertiary/aromatic N) is 4. The average Bonchev–Trinajstić information content (AvgIpc) is 3.40. The van der Waals surface area contributed by atoms with E-state index in [0.29, 0.717) is 17.5 Å². The van der Waals surface area contributed by atoms with Crippen LogP contribution < -0.4 is 9.62 Å². The molecule has 2 aromatic heterocycles. The lowest BCUT2D eigenvalue weighted by molar-refractivity contribution is 0.358. The SMILES string of the molecule is CC(C)c1nc(C2CCCN2c2ccc(S(=O)(=O)Nc3ccc(F)c(F)c3)cn2)no1. The van der Waals surface area contributed by atoms with Crippen LogP contribution >= 0.6 is 0 Å². The number of hydrogen-bond donors (Lipinski definition) is 1. The monoisotopic (exact) mass is 449 g/mol. The van der Waals surface area contributed by atoms with Crippen LogP contribution in [0.5, 0.6) is 0 Å². The van der Waals surface area contributed by atoms with Crippen molar-refractivity contribution in [2.75, 3.05) is 16.2 Å². The minimum absolute atomic E-state index is 0.0827. The molecule has 3 heterocycles. The number of rotatable bonds is 6. The summed E-state index contributed by atoms with van der Waals surface area (Å²) in [5.74, 6) is -0.336. The lowest BCUT2D eigenvalue weighted by atomic mass is 10.2. The van der Waals surface area contributed by atoms with Gasteiger partial charge < -0.3 is 9.42 Å². The van der Waals surface area contributed by atoms with Crippen LogP contribution in [0.4, 0.5) is 20.3 Å². The number of halogens is 2. The third kappa shape index (κ3) is 4.36. The van der Waals surface area contributed by atoms with Crippen LogP contribution in [0.1, 0.15) is 50.4 Å². The zero-order valence-corrected chi connectivity index (χ0v) is 17.7. The van der Waals surface area contributed by atoms with E-state index < -0.39 is 21.7 Å². The molecule has 0 aliphatic carbocycles. The fourth-order valence-corrected chi connectivity index (χ4v) is 4.40. The summed E-state index contributed by atoms with van der Waals surface area (Å²) >= 11 is 0. The summed E-state index contributed by atoms with van der Waals surface area (Å²) in [5, 5.41) is 4.09. The van der Waals surface area contributed by atoms with Gasteiger partial charge in [-0.15, -0.1) is 0 Å². The van der Waals surface area contributed by atoms with Gasteiger partial charge in [0.2, 0.25) is 5.89 Å². The van der Waals surface area contributed by atoms with E-state index in [1.807, 2.05) is 18.7 Å². The van der Waals surface area contributed by atoms with Gasteiger partial charge >= 0.3 is 0 Å². The van der Waals surface area contributed by atoms with Gasteiger partial charge in [0, 0.05) is 24.7 Å². The zero-order valence-electron chi connectivity index (χ0n) is 16.9. The number of benzene rings is 1. The van der Waals surface area contributed by atoms with Crippen LogP contribution in [0.15, 0.2) is 45.9 Å². The van der Waals surface area contributed by atoms with E-state index >= 15 is 0 Å². The van der Waals surface area contributed by atoms with Crippen LogP contribution in [-0.2, 0) is 10.0 Å². The average molecular weight is 449 g/mol. The van der Waals surface area contributed by atoms with Gasteiger partial charge in [-0.3, -0.25) is 4.72 Å². The first-order valence-electron chi connectivity index (χ1n) is 9.78. The minimum Gasteiger partial charge on any atom is -0.346 e. The van der Waals surface area contributed by atoms with Crippen LogP contribution in [0.25, 0.3) is 0 Å². The maximum atomic E-state index is 13.4. The molecule has 164 valence electrons. The Morgan fingerprint density at radius 1 is 1.19 bits per heavy atom. The first-order valence-corrected chi connectivity index (χ1v) is 11.3. The lowest BCUT2D eigenvalue weighted by Gasteiger charge is -2.23. The molecule has 0 saturated carbocycles. The van der Waals surface area contributed by atoms with E-state index in [-0.39, 0.29) is 22.5 Å². The Kier molecular flexibility index (Phi) is 5.61. The molecule has 1 fully saturated rings. The van der Waals surface area contributed by atoms with E-state index in [0.717, 1.165) is 37.6 Å². The van der Waals surface area contributed by atoms with Crippen molar-refractivity contribution in [1.29, 1.82) is 0 Å². The predicted octanol–water partition coefficient (Wildman–Crippen LogP) is 4.01. The lowest BCUT2D eigenvalue weighted by Crippen LogP contribution is -2.24. The van der Waals surface area contributed by atoms with Crippen molar-refractivity contribution < 1.29 is 21.7 Å². The van der Waals surface area contributed by atoms with Crippen LogP contribution in [0, 0.1) is 11.6 Å². The molecule has 31 heavy (non-hydrogen) atoms. The Bertz CT molecular complexity index is 1180. The molecule has 0 radical (unpaired) electrons. The molecule has 1 aromatic carbocycles. The second kappa shape index (κ2) is 8.22. The number of hydrogen-bond acceptors (Lipinski definition) is 7. The molecule has 0 amide bonds. The zero-order chi connectivity index (χ0) is 22.2. The Balaban J connectivity index is 1.53. The van der Waals surface area contributed by atoms with Crippen molar-refractivity contribution >= 4 is 21.5 Å². The molecule has 1 N–H and O–H groups in total. The largest absolute Gasteiger partial charge is 0.346 e. The highest BCUT2D eigenvalue weighted by Crippen LogP contribution is 2.34. The number of anilines is 2. The molecular formula is C20H21F2N5O3S. The third-order valence-corrected chi connectivity index (χ3v) is 6.37. The maximum absolute atomic E-state index is 13.4. The highest BCUT2D eigenvalue weighted by atomic mass is 32.2. The van der Waals surface area contributed by atoms with Crippen molar-refractivity contribution in [3.8, 4) is 0 Å². The van der Waals surface area contributed by atoms with Gasteiger partial charge in [0.1, 0.15) is 10.7 Å². The summed E-state index contributed by atoms with van der Waals surface area (Å²) in [5.41, 5.74) is -0.0827. The third-order valence-electron chi connectivity index (χ3n) is 5.00. The Labute approximate surface area is 178 Å². The smallest absolute Gasteiger partial charge is 0.263 e. The molecule has 1 aliphatic rings. The summed E-state index contributed by atoms with van der Waals surface area (Å²) in [6.45, 7) is 4.67. The second-order valence-electron chi connectivity index (χ2n) is 7.58. The molecule has 1 unspecified atom stereocenters. The van der Waals surface area contributed by atoms with Crippen LogP contribution in [0.2, 0.25) is 0 Å². The highest BCUT2D eigenvalue weighted by molar-refractivity contribution is 7.92. The molecule has 8 nitrogen and oxygen atoms in total. The van der Waals surface area contributed by atoms with Gasteiger partial charge in [-0.25, -0.2) is 22.2 Å². The molecule has 0 bridgehead atoms. The van der Waals surface area contributed by atoms with Crippen molar-refractivity contribution in [3.63, 3.8) is 0 Å². The summed E-state index contributed by atoms with van der Waals surface area (Å²) in [4.78, 5) is 10.7. The molecule has 1 saturated heterocycles. The fraction of sp³-hybridized carbons (Fsp3) is 0.350. The molecule has 4 rings (SSSR count). The quantitative estimate of drug-likeness (QED) is 0.607. The van der Waals surface area contributed by atoms with Gasteiger partial charge in [-0.2, -0.15) is 4.98 Å². The second-order valence-corrected chi connectivity index (χ2v) is 9.27. The number of aromatic nitrogens is 3. The van der Waals surface area contributed by atoms with E-state index in [9.17, 15) is 17.2 Å². The van der Waals surface area contributed by atoms with E-state index in [1.54, 1.807) is 6.07 Å². The number of nitrogens with one attached hydrogen (secondary N) is 1. The first kappa shape index (κ1) is 21.2. The predicted molar refractivity (Wildman–Crippen MR) is 109 cm³/mol. The van der Waals surface area contributed by atoms with Crippen LogP contribution in [0.3, 0.4) is 0 Å². The molecular weight excluding hydrogens is 428 g/mol. The number of pyridine rings is 1. The minimum atomic E-state index is -4.01. The summed E-state index contributed by atoms with van der Waals surface area (Å²) in [6, 6.07) is 5.68. The molecule has 3 aromatic rings. The van der Waals surface area contributed by atoms with Crippen molar-refractivity contribution in [2.45, 2.75) is 43.5 Å². The topological polar surface area (TPSA) is 101 Å². The molecule has 1 aliphatic heterocycles. The van der Waals surface area contributed by atoms with E-state index in [4.69, 9.17) is 4.52 Å². The molecule has 1 atom stereocenters. The Morgan fingerprint density at radius 3 is 2.65 bits per heavy atom. The summed E-state index contributed by atoms with van der Waals surface area (Å²) < 4.78 is 59.1. The van der Waals surface area contributed by atoms with Gasteiger partial charge in [0.25, 0.3) is 10.0 Å². The van der Waals surface area contributed by atoms with Gasteiger partial charge in [-0.1, -0.05) is 19.0 Å². The number of sulfonamides is 1. The highest BCUT2D eigenvalue weighted by Gasteiger charge is 2.31. The summed E-state index contributed by atoms with van der Waals surface area (Å²) in [6.07, 6.45) is 2.97. The van der Waals surface area contributed by atoms with E-state index in [2.05, 4.69) is 19.8 Å². The molecule has 0 spiro atoms. The van der Waals surface area contributed by atoms with Gasteiger partial charge in [-0.05, 0) is 37.1 Å². The van der Waals surface area contributed by atoms with Gasteiger partial charge in [0.05, 0.1) is 11.7 Å². The normalized spacial score (nSPS) is 16.8. The summed E-state index contributed by atoms with van der Waals surface area (Å²) in [7, 11) is -4.01. The fourth-order valence-electron chi connectivity index (χ4n) is 3.40. The van der Waals surface area contributed by atoms with Crippen LogP contribution in [-0.4, -0.2) is 30.1 Å².